The summed E-state index contributed by atoms with van der Waals surface area (Å²) in [6, 6.07) is 5.80. The molecule has 0 spiro atoms. The number of sulfonamides is 1. The summed E-state index contributed by atoms with van der Waals surface area (Å²) < 4.78 is 32.2. The monoisotopic (exact) mass is 324 g/mol. The number of nitrogens with one attached hydrogen (secondary N) is 2. The van der Waals surface area contributed by atoms with Crippen molar-refractivity contribution in [3.63, 3.8) is 0 Å². The van der Waals surface area contributed by atoms with Crippen molar-refractivity contribution >= 4 is 15.9 Å². The van der Waals surface area contributed by atoms with Crippen LogP contribution in [0.5, 0.6) is 0 Å². The molecule has 0 saturated carbocycles. The van der Waals surface area contributed by atoms with Crippen molar-refractivity contribution in [1.29, 1.82) is 0 Å². The SMILES string of the molecule is C=CCNC(=O)c1ccc(S(=O)(=O)NC[C@@H]2CCCO2)cc1. The van der Waals surface area contributed by atoms with Crippen molar-refractivity contribution in [3.05, 3.63) is 42.5 Å². The zero-order valence-corrected chi connectivity index (χ0v) is 13.1. The lowest BCUT2D eigenvalue weighted by Crippen LogP contribution is -2.31. The molecule has 1 aliphatic rings. The fourth-order valence-corrected chi connectivity index (χ4v) is 3.21. The average Bonchev–Trinajstić information content (AvgIpc) is 3.04. The van der Waals surface area contributed by atoms with Gasteiger partial charge in [-0.2, -0.15) is 0 Å². The van der Waals surface area contributed by atoms with E-state index in [4.69, 9.17) is 4.74 Å². The van der Waals surface area contributed by atoms with E-state index in [9.17, 15) is 13.2 Å². The predicted octanol–water partition coefficient (Wildman–Crippen LogP) is 1.06. The van der Waals surface area contributed by atoms with Crippen LogP contribution in [0.25, 0.3) is 0 Å². The van der Waals surface area contributed by atoms with Gasteiger partial charge in [-0.25, -0.2) is 13.1 Å². The summed E-state index contributed by atoms with van der Waals surface area (Å²) in [6.07, 6.45) is 3.34. The number of hydrogen-bond donors (Lipinski definition) is 2. The van der Waals surface area contributed by atoms with Crippen molar-refractivity contribution in [3.8, 4) is 0 Å². The van der Waals surface area contributed by atoms with Crippen LogP contribution in [0.15, 0.2) is 41.8 Å². The first-order chi connectivity index (χ1) is 10.5. The number of hydrogen-bond acceptors (Lipinski definition) is 4. The van der Waals surface area contributed by atoms with Gasteiger partial charge in [0, 0.05) is 25.3 Å². The van der Waals surface area contributed by atoms with Gasteiger partial charge in [0.2, 0.25) is 10.0 Å². The van der Waals surface area contributed by atoms with E-state index in [0.717, 1.165) is 12.8 Å². The molecule has 0 radical (unpaired) electrons. The summed E-state index contributed by atoms with van der Waals surface area (Å²) in [5.74, 6) is -0.267. The topological polar surface area (TPSA) is 84.5 Å². The molecule has 2 N–H and O–H groups in total. The maximum absolute atomic E-state index is 12.2. The van der Waals surface area contributed by atoms with Gasteiger partial charge < -0.3 is 10.1 Å². The van der Waals surface area contributed by atoms with Crippen LogP contribution in [0, 0.1) is 0 Å². The number of rotatable bonds is 7. The van der Waals surface area contributed by atoms with E-state index in [1.807, 2.05) is 0 Å². The van der Waals surface area contributed by atoms with E-state index in [-0.39, 0.29) is 23.5 Å². The zero-order chi connectivity index (χ0) is 16.0. The summed E-state index contributed by atoms with van der Waals surface area (Å²) in [5.41, 5.74) is 0.403. The van der Waals surface area contributed by atoms with Gasteiger partial charge in [0.25, 0.3) is 5.91 Å². The van der Waals surface area contributed by atoms with Crippen molar-refractivity contribution in [2.45, 2.75) is 23.8 Å². The largest absolute Gasteiger partial charge is 0.377 e. The lowest BCUT2D eigenvalue weighted by molar-refractivity contribution is 0.0958. The average molecular weight is 324 g/mol. The molecule has 0 aliphatic carbocycles. The number of amides is 1. The van der Waals surface area contributed by atoms with E-state index < -0.39 is 10.0 Å². The van der Waals surface area contributed by atoms with Gasteiger partial charge >= 0.3 is 0 Å². The second-order valence-corrected chi connectivity index (χ2v) is 6.78. The van der Waals surface area contributed by atoms with Crippen LogP contribution in [-0.2, 0) is 14.8 Å². The maximum atomic E-state index is 12.2. The highest BCUT2D eigenvalue weighted by Gasteiger charge is 2.20. The molecule has 1 amide bonds. The third kappa shape index (κ3) is 4.40. The Labute approximate surface area is 130 Å². The first-order valence-corrected chi connectivity index (χ1v) is 8.61. The molecule has 1 saturated heterocycles. The fourth-order valence-electron chi connectivity index (χ4n) is 2.14. The Morgan fingerprint density at radius 1 is 1.36 bits per heavy atom. The molecule has 0 aromatic heterocycles. The molecule has 1 aromatic rings. The molecule has 1 atom stereocenters. The molecule has 1 aromatic carbocycles. The van der Waals surface area contributed by atoms with Gasteiger partial charge in [0.1, 0.15) is 0 Å². The standard InChI is InChI=1S/C15H20N2O4S/c1-2-9-16-15(18)12-5-7-14(8-6-12)22(19,20)17-11-13-4-3-10-21-13/h2,5-8,13,17H,1,3-4,9-11H2,(H,16,18)/t13-/m0/s1. The Morgan fingerprint density at radius 2 is 2.09 bits per heavy atom. The molecule has 6 nitrogen and oxygen atoms in total. The number of benzene rings is 1. The third-order valence-corrected chi connectivity index (χ3v) is 4.80. The predicted molar refractivity (Wildman–Crippen MR) is 83.1 cm³/mol. The van der Waals surface area contributed by atoms with Crippen LogP contribution in [0.4, 0.5) is 0 Å². The van der Waals surface area contributed by atoms with E-state index in [1.54, 1.807) is 6.08 Å². The van der Waals surface area contributed by atoms with Gasteiger partial charge in [0.05, 0.1) is 11.0 Å². The summed E-state index contributed by atoms with van der Waals surface area (Å²) in [6.45, 7) is 4.83. The minimum Gasteiger partial charge on any atom is -0.377 e. The molecule has 1 heterocycles. The Bertz CT molecular complexity index is 619. The third-order valence-electron chi connectivity index (χ3n) is 3.36. The number of ether oxygens (including phenoxy) is 1. The van der Waals surface area contributed by atoms with Crippen LogP contribution >= 0.6 is 0 Å². The number of carbonyl (C=O) groups excluding carboxylic acids is 1. The Morgan fingerprint density at radius 3 is 2.68 bits per heavy atom. The molecule has 120 valence electrons. The van der Waals surface area contributed by atoms with Crippen LogP contribution < -0.4 is 10.0 Å². The van der Waals surface area contributed by atoms with Crippen molar-refractivity contribution in [1.82, 2.24) is 10.0 Å². The molecule has 0 unspecified atom stereocenters. The van der Waals surface area contributed by atoms with Crippen LogP contribution in [0.2, 0.25) is 0 Å². The smallest absolute Gasteiger partial charge is 0.251 e. The highest BCUT2D eigenvalue weighted by atomic mass is 32.2. The van der Waals surface area contributed by atoms with Crippen molar-refractivity contribution in [2.24, 2.45) is 0 Å². The lowest BCUT2D eigenvalue weighted by Gasteiger charge is -2.11. The van der Waals surface area contributed by atoms with E-state index in [1.165, 1.54) is 24.3 Å². The van der Waals surface area contributed by atoms with Crippen molar-refractivity contribution in [2.75, 3.05) is 19.7 Å². The van der Waals surface area contributed by atoms with Gasteiger partial charge in [-0.3, -0.25) is 4.79 Å². The van der Waals surface area contributed by atoms with Gasteiger partial charge in [-0.15, -0.1) is 6.58 Å². The maximum Gasteiger partial charge on any atom is 0.251 e. The van der Waals surface area contributed by atoms with E-state index in [0.29, 0.717) is 18.7 Å². The number of carbonyl (C=O) groups is 1. The lowest BCUT2D eigenvalue weighted by atomic mass is 10.2. The molecular weight excluding hydrogens is 304 g/mol. The molecule has 2 rings (SSSR count). The highest BCUT2D eigenvalue weighted by Crippen LogP contribution is 2.14. The van der Waals surface area contributed by atoms with Crippen molar-refractivity contribution < 1.29 is 17.9 Å². The zero-order valence-electron chi connectivity index (χ0n) is 12.2. The summed E-state index contributed by atoms with van der Waals surface area (Å²) in [7, 11) is -3.59. The summed E-state index contributed by atoms with van der Waals surface area (Å²) in [4.78, 5) is 11.9. The molecule has 0 bridgehead atoms. The van der Waals surface area contributed by atoms with E-state index >= 15 is 0 Å². The second-order valence-electron chi connectivity index (χ2n) is 5.01. The van der Waals surface area contributed by atoms with Crippen LogP contribution in [-0.4, -0.2) is 40.1 Å². The van der Waals surface area contributed by atoms with Gasteiger partial charge in [-0.05, 0) is 37.1 Å². The normalized spacial score (nSPS) is 18.1. The molecule has 1 fully saturated rings. The minimum atomic E-state index is -3.59. The van der Waals surface area contributed by atoms with Crippen LogP contribution in [0.1, 0.15) is 23.2 Å². The van der Waals surface area contributed by atoms with Gasteiger partial charge in [-0.1, -0.05) is 6.08 Å². The Hall–Kier alpha value is -1.70. The Balaban J connectivity index is 1.98. The summed E-state index contributed by atoms with van der Waals surface area (Å²) in [5, 5.41) is 2.63. The molecule has 1 aliphatic heterocycles. The molecule has 7 heteroatoms. The first kappa shape index (κ1) is 16.7. The van der Waals surface area contributed by atoms with Gasteiger partial charge in [0.15, 0.2) is 0 Å². The first-order valence-electron chi connectivity index (χ1n) is 7.13. The van der Waals surface area contributed by atoms with E-state index in [2.05, 4.69) is 16.6 Å². The Kier molecular flexibility index (Phi) is 5.70. The quantitative estimate of drug-likeness (QED) is 0.735. The van der Waals surface area contributed by atoms with Crippen LogP contribution in [0.3, 0.4) is 0 Å². The minimum absolute atomic E-state index is 0.0567. The summed E-state index contributed by atoms with van der Waals surface area (Å²) >= 11 is 0. The molecule has 22 heavy (non-hydrogen) atoms. The second kappa shape index (κ2) is 7.53. The molecular formula is C15H20N2O4S. The highest BCUT2D eigenvalue weighted by molar-refractivity contribution is 7.89. The fraction of sp³-hybridized carbons (Fsp3) is 0.400.